The molecule has 1 aliphatic heterocycles. The maximum absolute atomic E-state index is 5.45. The van der Waals surface area contributed by atoms with Gasteiger partial charge in [-0.1, -0.05) is 19.1 Å². The Bertz CT molecular complexity index is 401. The molecule has 3 nitrogen and oxygen atoms in total. The summed E-state index contributed by atoms with van der Waals surface area (Å²) in [7, 11) is 1.73. The summed E-state index contributed by atoms with van der Waals surface area (Å²) in [5, 5.41) is 3.45. The summed E-state index contributed by atoms with van der Waals surface area (Å²) < 4.78 is 10.9. The van der Waals surface area contributed by atoms with Crippen LogP contribution in [0.2, 0.25) is 0 Å². The summed E-state index contributed by atoms with van der Waals surface area (Å²) in [6.45, 7) is 9.95. The first kappa shape index (κ1) is 13.4. The van der Waals surface area contributed by atoms with E-state index in [0.29, 0.717) is 0 Å². The van der Waals surface area contributed by atoms with Crippen LogP contribution in [0.4, 0.5) is 0 Å². The second-order valence-corrected chi connectivity index (χ2v) is 5.20. The molecule has 0 radical (unpaired) electrons. The van der Waals surface area contributed by atoms with Crippen molar-refractivity contribution in [2.24, 2.45) is 0 Å². The van der Waals surface area contributed by atoms with Gasteiger partial charge in [0.2, 0.25) is 0 Å². The summed E-state index contributed by atoms with van der Waals surface area (Å²) >= 11 is 0. The fourth-order valence-corrected chi connectivity index (χ4v) is 2.66. The summed E-state index contributed by atoms with van der Waals surface area (Å²) in [4.78, 5) is 0. The highest BCUT2D eigenvalue weighted by Gasteiger charge is 2.40. The molecule has 2 rings (SSSR count). The number of hydrogen-bond acceptors (Lipinski definition) is 3. The van der Waals surface area contributed by atoms with Crippen LogP contribution in [0.3, 0.4) is 0 Å². The highest BCUT2D eigenvalue weighted by atomic mass is 16.5. The van der Waals surface area contributed by atoms with E-state index < -0.39 is 0 Å². The minimum Gasteiger partial charge on any atom is -0.496 e. The summed E-state index contributed by atoms with van der Waals surface area (Å²) in [5.41, 5.74) is 3.92. The molecule has 0 unspecified atom stereocenters. The Kier molecular flexibility index (Phi) is 3.93. The molecular formula is C15H23NO2. The Morgan fingerprint density at radius 3 is 2.28 bits per heavy atom. The quantitative estimate of drug-likeness (QED) is 0.867. The van der Waals surface area contributed by atoms with Gasteiger partial charge in [0.1, 0.15) is 5.75 Å². The van der Waals surface area contributed by atoms with Gasteiger partial charge in [0.15, 0.2) is 0 Å². The van der Waals surface area contributed by atoms with E-state index in [-0.39, 0.29) is 5.41 Å². The average molecular weight is 249 g/mol. The molecule has 0 spiro atoms. The van der Waals surface area contributed by atoms with Crippen LogP contribution in [-0.2, 0) is 10.2 Å². The lowest BCUT2D eigenvalue weighted by atomic mass is 9.77. The molecule has 0 amide bonds. The Labute approximate surface area is 109 Å². The van der Waals surface area contributed by atoms with Crippen molar-refractivity contribution in [2.75, 3.05) is 33.4 Å². The summed E-state index contributed by atoms with van der Waals surface area (Å²) in [6.07, 6.45) is 0. The fourth-order valence-electron chi connectivity index (χ4n) is 2.66. The van der Waals surface area contributed by atoms with E-state index in [9.17, 15) is 0 Å². The maximum atomic E-state index is 5.45. The number of rotatable bonds is 5. The summed E-state index contributed by atoms with van der Waals surface area (Å²) in [5.74, 6) is 0.998. The zero-order valence-electron chi connectivity index (χ0n) is 11.8. The third-order valence-corrected chi connectivity index (χ3v) is 3.75. The van der Waals surface area contributed by atoms with Crippen LogP contribution in [0.15, 0.2) is 12.1 Å². The van der Waals surface area contributed by atoms with Gasteiger partial charge in [-0.2, -0.15) is 0 Å². The molecule has 1 aliphatic rings. The second-order valence-electron chi connectivity index (χ2n) is 5.20. The first-order valence-corrected chi connectivity index (χ1v) is 6.57. The standard InChI is InChI=1S/C15H23NO2/c1-5-16-8-15(9-18-10-15)13-6-11(2)14(17-4)12(3)7-13/h6-7,16H,5,8-10H2,1-4H3. The van der Waals surface area contributed by atoms with Gasteiger partial charge in [0.25, 0.3) is 0 Å². The molecule has 1 heterocycles. The normalized spacial score (nSPS) is 17.3. The largest absolute Gasteiger partial charge is 0.496 e. The van der Waals surface area contributed by atoms with Crippen molar-refractivity contribution < 1.29 is 9.47 Å². The van der Waals surface area contributed by atoms with Gasteiger partial charge in [-0.3, -0.25) is 0 Å². The van der Waals surface area contributed by atoms with E-state index in [1.54, 1.807) is 7.11 Å². The monoisotopic (exact) mass is 249 g/mol. The first-order chi connectivity index (χ1) is 8.63. The average Bonchev–Trinajstić information content (AvgIpc) is 2.27. The molecule has 0 saturated carbocycles. The molecular weight excluding hydrogens is 226 g/mol. The van der Waals surface area contributed by atoms with Gasteiger partial charge in [0, 0.05) is 6.54 Å². The van der Waals surface area contributed by atoms with Gasteiger partial charge in [-0.05, 0) is 37.1 Å². The van der Waals surface area contributed by atoms with Crippen LogP contribution in [0.25, 0.3) is 0 Å². The van der Waals surface area contributed by atoms with Crippen molar-refractivity contribution in [1.29, 1.82) is 0 Å². The van der Waals surface area contributed by atoms with Gasteiger partial charge in [0.05, 0.1) is 25.7 Å². The van der Waals surface area contributed by atoms with E-state index in [1.807, 2.05) is 0 Å². The van der Waals surface area contributed by atoms with Crippen molar-refractivity contribution in [3.63, 3.8) is 0 Å². The lowest BCUT2D eigenvalue weighted by molar-refractivity contribution is -0.0588. The highest BCUT2D eigenvalue weighted by Crippen LogP contribution is 2.36. The van der Waals surface area contributed by atoms with Crippen molar-refractivity contribution in [3.8, 4) is 5.75 Å². The lowest BCUT2D eigenvalue weighted by Gasteiger charge is -2.42. The number of benzene rings is 1. The van der Waals surface area contributed by atoms with E-state index in [4.69, 9.17) is 9.47 Å². The van der Waals surface area contributed by atoms with E-state index in [2.05, 4.69) is 38.2 Å². The number of hydrogen-bond donors (Lipinski definition) is 1. The zero-order chi connectivity index (χ0) is 13.2. The SMILES string of the molecule is CCNCC1(c2cc(C)c(OC)c(C)c2)COC1. The molecule has 1 fully saturated rings. The van der Waals surface area contributed by atoms with Crippen molar-refractivity contribution in [3.05, 3.63) is 28.8 Å². The molecule has 1 aromatic carbocycles. The molecule has 0 aliphatic carbocycles. The Balaban J connectivity index is 2.32. The predicted octanol–water partition coefficient (Wildman–Crippen LogP) is 2.19. The number of nitrogens with one attached hydrogen (secondary N) is 1. The molecule has 3 heteroatoms. The third kappa shape index (κ3) is 2.25. The van der Waals surface area contributed by atoms with Gasteiger partial charge < -0.3 is 14.8 Å². The summed E-state index contributed by atoms with van der Waals surface area (Å²) in [6, 6.07) is 4.48. The van der Waals surface area contributed by atoms with Crippen LogP contribution in [0.5, 0.6) is 5.75 Å². The van der Waals surface area contributed by atoms with Crippen LogP contribution >= 0.6 is 0 Å². The zero-order valence-corrected chi connectivity index (χ0v) is 11.8. The highest BCUT2D eigenvalue weighted by molar-refractivity contribution is 5.46. The Morgan fingerprint density at radius 2 is 1.89 bits per heavy atom. The first-order valence-electron chi connectivity index (χ1n) is 6.57. The smallest absolute Gasteiger partial charge is 0.124 e. The predicted molar refractivity (Wildman–Crippen MR) is 73.5 cm³/mol. The molecule has 100 valence electrons. The Hall–Kier alpha value is -1.06. The number of likely N-dealkylation sites (N-methyl/N-ethyl adjacent to an activating group) is 1. The molecule has 0 bridgehead atoms. The van der Waals surface area contributed by atoms with Crippen LogP contribution in [0.1, 0.15) is 23.6 Å². The van der Waals surface area contributed by atoms with Crippen molar-refractivity contribution >= 4 is 0 Å². The number of methoxy groups -OCH3 is 1. The number of ether oxygens (including phenoxy) is 2. The molecule has 0 aromatic heterocycles. The third-order valence-electron chi connectivity index (χ3n) is 3.75. The Morgan fingerprint density at radius 1 is 1.28 bits per heavy atom. The lowest BCUT2D eigenvalue weighted by Crippen LogP contribution is -2.53. The molecule has 18 heavy (non-hydrogen) atoms. The topological polar surface area (TPSA) is 30.5 Å². The molecule has 1 saturated heterocycles. The number of aryl methyl sites for hydroxylation is 2. The minimum absolute atomic E-state index is 0.151. The van der Waals surface area contributed by atoms with Gasteiger partial charge in [-0.15, -0.1) is 0 Å². The molecule has 1 aromatic rings. The van der Waals surface area contributed by atoms with Crippen molar-refractivity contribution in [1.82, 2.24) is 5.32 Å². The molecule has 0 atom stereocenters. The van der Waals surface area contributed by atoms with Gasteiger partial charge in [-0.25, -0.2) is 0 Å². The minimum atomic E-state index is 0.151. The maximum Gasteiger partial charge on any atom is 0.124 e. The second kappa shape index (κ2) is 5.29. The van der Waals surface area contributed by atoms with Crippen LogP contribution < -0.4 is 10.1 Å². The van der Waals surface area contributed by atoms with E-state index in [1.165, 1.54) is 16.7 Å². The van der Waals surface area contributed by atoms with E-state index in [0.717, 1.165) is 32.1 Å². The van der Waals surface area contributed by atoms with Crippen molar-refractivity contribution in [2.45, 2.75) is 26.2 Å². The van der Waals surface area contributed by atoms with E-state index >= 15 is 0 Å². The van der Waals surface area contributed by atoms with Crippen LogP contribution in [0, 0.1) is 13.8 Å². The van der Waals surface area contributed by atoms with Gasteiger partial charge >= 0.3 is 0 Å². The fraction of sp³-hybridized carbons (Fsp3) is 0.600. The molecule has 1 N–H and O–H groups in total. The van der Waals surface area contributed by atoms with Crippen LogP contribution in [-0.4, -0.2) is 33.4 Å².